The smallest absolute Gasteiger partial charge is 0.106 e. The minimum atomic E-state index is 0.00744. The third-order valence-corrected chi connectivity index (χ3v) is 4.51. The second kappa shape index (κ2) is 10.4. The first kappa shape index (κ1) is 18.0. The van der Waals surface area contributed by atoms with Gasteiger partial charge in [-0.25, -0.2) is 0 Å². The summed E-state index contributed by atoms with van der Waals surface area (Å²) in [5.41, 5.74) is 1.78. The number of ether oxygens (including phenoxy) is 2. The molecule has 0 amide bonds. The van der Waals surface area contributed by atoms with Gasteiger partial charge >= 0.3 is 0 Å². The van der Waals surface area contributed by atoms with Crippen molar-refractivity contribution < 1.29 is 9.47 Å². The number of rotatable bonds is 9. The standard InChI is InChI=1S/C20H29NO2/c1-2-3-4-5-6-7-8-9-19-15-23-20(16-22-19)18-12-10-17(14-21)11-13-18/h10-13,19-20H,2-9,15-16H2,1H3/t19-,20-/m1/s1. The lowest BCUT2D eigenvalue weighted by molar-refractivity contribution is -0.137. The molecule has 1 aliphatic heterocycles. The lowest BCUT2D eigenvalue weighted by Crippen LogP contribution is -2.31. The fourth-order valence-corrected chi connectivity index (χ4v) is 3.00. The molecule has 0 unspecified atom stereocenters. The molecule has 0 bridgehead atoms. The van der Waals surface area contributed by atoms with Crippen LogP contribution in [0.15, 0.2) is 24.3 Å². The molecule has 3 heteroatoms. The van der Waals surface area contributed by atoms with Gasteiger partial charge in [0.1, 0.15) is 6.10 Å². The highest BCUT2D eigenvalue weighted by Crippen LogP contribution is 2.25. The fourth-order valence-electron chi connectivity index (χ4n) is 3.00. The summed E-state index contributed by atoms with van der Waals surface area (Å²) in [4.78, 5) is 0. The molecule has 0 saturated carbocycles. The van der Waals surface area contributed by atoms with E-state index < -0.39 is 0 Å². The predicted octanol–water partition coefficient (Wildman–Crippen LogP) is 5.16. The first-order chi connectivity index (χ1) is 11.3. The van der Waals surface area contributed by atoms with Gasteiger partial charge in [-0.15, -0.1) is 0 Å². The average molecular weight is 315 g/mol. The quantitative estimate of drug-likeness (QED) is 0.591. The molecule has 1 saturated heterocycles. The lowest BCUT2D eigenvalue weighted by atomic mass is 10.0. The lowest BCUT2D eigenvalue weighted by Gasteiger charge is -2.30. The Labute approximate surface area is 140 Å². The summed E-state index contributed by atoms with van der Waals surface area (Å²) in [7, 11) is 0. The average Bonchev–Trinajstić information content (AvgIpc) is 2.61. The maximum absolute atomic E-state index is 8.83. The van der Waals surface area contributed by atoms with Crippen LogP contribution in [0, 0.1) is 11.3 Å². The van der Waals surface area contributed by atoms with Gasteiger partial charge in [0.15, 0.2) is 0 Å². The number of hydrogen-bond donors (Lipinski definition) is 0. The zero-order valence-corrected chi connectivity index (χ0v) is 14.3. The molecular formula is C20H29NO2. The second-order valence-corrected chi connectivity index (χ2v) is 6.42. The summed E-state index contributed by atoms with van der Waals surface area (Å²) in [5.74, 6) is 0. The highest BCUT2D eigenvalue weighted by atomic mass is 16.6. The number of nitrogens with zero attached hydrogens (tertiary/aromatic N) is 1. The Morgan fingerprint density at radius 2 is 1.65 bits per heavy atom. The maximum Gasteiger partial charge on any atom is 0.106 e. The minimum absolute atomic E-state index is 0.00744. The number of benzene rings is 1. The van der Waals surface area contributed by atoms with Crippen molar-refractivity contribution in [2.75, 3.05) is 13.2 Å². The minimum Gasteiger partial charge on any atom is -0.373 e. The first-order valence-electron chi connectivity index (χ1n) is 9.06. The van der Waals surface area contributed by atoms with Crippen molar-refractivity contribution in [3.05, 3.63) is 35.4 Å². The summed E-state index contributed by atoms with van der Waals surface area (Å²) in [5, 5.41) is 8.83. The van der Waals surface area contributed by atoms with Crippen LogP contribution >= 0.6 is 0 Å². The molecule has 1 aromatic rings. The van der Waals surface area contributed by atoms with E-state index in [2.05, 4.69) is 13.0 Å². The molecule has 2 atom stereocenters. The zero-order valence-electron chi connectivity index (χ0n) is 14.3. The Bertz CT molecular complexity index is 469. The van der Waals surface area contributed by atoms with Gasteiger partial charge in [0.25, 0.3) is 0 Å². The van der Waals surface area contributed by atoms with E-state index >= 15 is 0 Å². The Morgan fingerprint density at radius 3 is 2.26 bits per heavy atom. The van der Waals surface area contributed by atoms with Crippen molar-refractivity contribution in [3.8, 4) is 6.07 Å². The summed E-state index contributed by atoms with van der Waals surface area (Å²) in [6.45, 7) is 3.55. The van der Waals surface area contributed by atoms with Crippen LogP contribution in [0.1, 0.15) is 75.5 Å². The molecule has 3 nitrogen and oxygen atoms in total. The van der Waals surface area contributed by atoms with E-state index in [0.29, 0.717) is 18.8 Å². The first-order valence-corrected chi connectivity index (χ1v) is 9.06. The highest BCUT2D eigenvalue weighted by Gasteiger charge is 2.23. The molecule has 1 aromatic carbocycles. The number of unbranched alkanes of at least 4 members (excludes halogenated alkanes) is 6. The predicted molar refractivity (Wildman–Crippen MR) is 92.2 cm³/mol. The van der Waals surface area contributed by atoms with Gasteiger partial charge in [-0.1, -0.05) is 64.0 Å². The van der Waals surface area contributed by atoms with Crippen LogP contribution in [0.25, 0.3) is 0 Å². The summed E-state index contributed by atoms with van der Waals surface area (Å²) >= 11 is 0. The zero-order chi connectivity index (χ0) is 16.3. The molecule has 1 heterocycles. The van der Waals surface area contributed by atoms with Crippen molar-refractivity contribution >= 4 is 0 Å². The molecule has 0 aromatic heterocycles. The molecule has 0 aliphatic carbocycles. The Hall–Kier alpha value is -1.37. The van der Waals surface area contributed by atoms with Crippen molar-refractivity contribution in [1.29, 1.82) is 5.26 Å². The second-order valence-electron chi connectivity index (χ2n) is 6.42. The maximum atomic E-state index is 8.83. The molecule has 0 radical (unpaired) electrons. The van der Waals surface area contributed by atoms with Crippen LogP contribution in [0.2, 0.25) is 0 Å². The largest absolute Gasteiger partial charge is 0.373 e. The van der Waals surface area contributed by atoms with E-state index in [9.17, 15) is 0 Å². The molecular weight excluding hydrogens is 286 g/mol. The topological polar surface area (TPSA) is 42.2 Å². The normalized spacial score (nSPS) is 21.0. The fraction of sp³-hybridized carbons (Fsp3) is 0.650. The van der Waals surface area contributed by atoms with Gasteiger partial charge in [-0.3, -0.25) is 0 Å². The van der Waals surface area contributed by atoms with E-state index in [-0.39, 0.29) is 12.2 Å². The van der Waals surface area contributed by atoms with Crippen LogP contribution in [0.4, 0.5) is 0 Å². The van der Waals surface area contributed by atoms with E-state index in [1.165, 1.54) is 44.9 Å². The summed E-state index contributed by atoms with van der Waals surface area (Å²) in [6.07, 6.45) is 10.7. The van der Waals surface area contributed by atoms with E-state index in [1.807, 2.05) is 24.3 Å². The van der Waals surface area contributed by atoms with Crippen LogP contribution in [0.3, 0.4) is 0 Å². The van der Waals surface area contributed by atoms with Gasteiger partial charge < -0.3 is 9.47 Å². The highest BCUT2D eigenvalue weighted by molar-refractivity contribution is 5.32. The molecule has 1 aliphatic rings. The summed E-state index contributed by atoms with van der Waals surface area (Å²) in [6, 6.07) is 9.73. The van der Waals surface area contributed by atoms with E-state index in [1.54, 1.807) is 0 Å². The molecule has 0 N–H and O–H groups in total. The van der Waals surface area contributed by atoms with Crippen molar-refractivity contribution in [2.45, 2.75) is 70.5 Å². The monoisotopic (exact) mass is 315 g/mol. The van der Waals surface area contributed by atoms with Gasteiger partial charge in [-0.05, 0) is 24.1 Å². The SMILES string of the molecule is CCCCCCCCC[C@@H]1CO[C@@H](c2ccc(C#N)cc2)CO1. The van der Waals surface area contributed by atoms with Gasteiger partial charge in [0.05, 0.1) is 31.0 Å². The molecule has 0 spiro atoms. The van der Waals surface area contributed by atoms with Crippen LogP contribution in [-0.4, -0.2) is 19.3 Å². The van der Waals surface area contributed by atoms with Crippen molar-refractivity contribution in [1.82, 2.24) is 0 Å². The number of hydrogen-bond acceptors (Lipinski definition) is 3. The number of nitriles is 1. The van der Waals surface area contributed by atoms with Gasteiger partial charge in [-0.2, -0.15) is 5.26 Å². The van der Waals surface area contributed by atoms with Crippen LogP contribution in [0.5, 0.6) is 0 Å². The van der Waals surface area contributed by atoms with E-state index in [0.717, 1.165) is 12.0 Å². The van der Waals surface area contributed by atoms with Gasteiger partial charge in [0, 0.05) is 0 Å². The summed E-state index contributed by atoms with van der Waals surface area (Å²) < 4.78 is 11.9. The van der Waals surface area contributed by atoms with Crippen molar-refractivity contribution in [2.24, 2.45) is 0 Å². The van der Waals surface area contributed by atoms with Gasteiger partial charge in [0.2, 0.25) is 0 Å². The van der Waals surface area contributed by atoms with E-state index in [4.69, 9.17) is 14.7 Å². The van der Waals surface area contributed by atoms with Crippen LogP contribution in [-0.2, 0) is 9.47 Å². The Kier molecular flexibility index (Phi) is 8.14. The Morgan fingerprint density at radius 1 is 0.957 bits per heavy atom. The third-order valence-electron chi connectivity index (χ3n) is 4.51. The van der Waals surface area contributed by atoms with Crippen molar-refractivity contribution in [3.63, 3.8) is 0 Å². The molecule has 23 heavy (non-hydrogen) atoms. The molecule has 2 rings (SSSR count). The molecule has 1 fully saturated rings. The third kappa shape index (κ3) is 6.33. The van der Waals surface area contributed by atoms with Crippen LogP contribution < -0.4 is 0 Å². The Balaban J connectivity index is 1.59. The molecule has 126 valence electrons.